The molecule has 0 bridgehead atoms. The summed E-state index contributed by atoms with van der Waals surface area (Å²) in [4.78, 5) is 36.6. The molecule has 154 valence electrons. The number of carbonyl (C=O) groups is 2. The van der Waals surface area contributed by atoms with E-state index in [4.69, 9.17) is 23.8 Å². The molecule has 1 saturated heterocycles. The van der Waals surface area contributed by atoms with Gasteiger partial charge in [0, 0.05) is 24.1 Å². The van der Waals surface area contributed by atoms with E-state index in [1.54, 1.807) is 30.3 Å². The van der Waals surface area contributed by atoms with Crippen LogP contribution in [0.5, 0.6) is 5.75 Å². The zero-order valence-corrected chi connectivity index (χ0v) is 17.6. The third-order valence-electron chi connectivity index (χ3n) is 4.09. The molecule has 1 heterocycles. The molecule has 0 saturated carbocycles. The Hall–Kier alpha value is -2.95. The minimum atomic E-state index is -0.656. The standard InChI is InChI=1S/C19H14ClN3O5S2/c20-13-4-2-1-3-11(13)9-16-18(26)22(19(29)30-16)8-7-17(25)21-14-6-5-12(23(27)28)10-15(14)24/h1-6,9-10,24H,7-8H2,(H,21,25)/b16-9-. The van der Waals surface area contributed by atoms with E-state index in [0.717, 1.165) is 23.9 Å². The minimum Gasteiger partial charge on any atom is -0.506 e. The van der Waals surface area contributed by atoms with Crippen LogP contribution in [-0.2, 0) is 9.59 Å². The average molecular weight is 464 g/mol. The lowest BCUT2D eigenvalue weighted by Gasteiger charge is -2.14. The second kappa shape index (κ2) is 9.24. The van der Waals surface area contributed by atoms with Gasteiger partial charge < -0.3 is 10.4 Å². The van der Waals surface area contributed by atoms with Crippen LogP contribution < -0.4 is 5.32 Å². The molecule has 1 aliphatic rings. The first-order chi connectivity index (χ1) is 14.3. The second-order valence-electron chi connectivity index (χ2n) is 6.11. The number of anilines is 1. The van der Waals surface area contributed by atoms with E-state index in [1.165, 1.54) is 11.0 Å². The van der Waals surface area contributed by atoms with Crippen molar-refractivity contribution in [2.24, 2.45) is 0 Å². The van der Waals surface area contributed by atoms with Crippen molar-refractivity contribution < 1.29 is 19.6 Å². The van der Waals surface area contributed by atoms with Crippen LogP contribution in [0.4, 0.5) is 11.4 Å². The van der Waals surface area contributed by atoms with Gasteiger partial charge >= 0.3 is 0 Å². The molecule has 0 unspecified atom stereocenters. The van der Waals surface area contributed by atoms with Gasteiger partial charge in [0.25, 0.3) is 11.6 Å². The summed E-state index contributed by atoms with van der Waals surface area (Å²) in [6, 6.07) is 10.4. The zero-order valence-electron chi connectivity index (χ0n) is 15.2. The molecule has 30 heavy (non-hydrogen) atoms. The van der Waals surface area contributed by atoms with E-state index >= 15 is 0 Å². The fourth-order valence-corrected chi connectivity index (χ4v) is 4.08. The highest BCUT2D eigenvalue weighted by Crippen LogP contribution is 2.34. The molecular weight excluding hydrogens is 450 g/mol. The number of halogens is 1. The molecule has 2 aromatic carbocycles. The van der Waals surface area contributed by atoms with Crippen LogP contribution in [0.15, 0.2) is 47.4 Å². The zero-order chi connectivity index (χ0) is 21.8. The molecule has 8 nitrogen and oxygen atoms in total. The highest BCUT2D eigenvalue weighted by molar-refractivity contribution is 8.26. The van der Waals surface area contributed by atoms with Gasteiger partial charge in [-0.15, -0.1) is 0 Å². The van der Waals surface area contributed by atoms with Crippen LogP contribution in [0.1, 0.15) is 12.0 Å². The van der Waals surface area contributed by atoms with Crippen molar-refractivity contribution in [2.45, 2.75) is 6.42 Å². The number of non-ortho nitro benzene ring substituents is 1. The van der Waals surface area contributed by atoms with E-state index in [0.29, 0.717) is 19.8 Å². The minimum absolute atomic E-state index is 0.0367. The maximum atomic E-state index is 12.6. The molecule has 3 rings (SSSR count). The molecular formula is C19H14ClN3O5S2. The first kappa shape index (κ1) is 21.8. The summed E-state index contributed by atoms with van der Waals surface area (Å²) >= 11 is 12.5. The van der Waals surface area contributed by atoms with Crippen molar-refractivity contribution in [3.05, 3.63) is 68.1 Å². The highest BCUT2D eigenvalue weighted by Gasteiger charge is 2.32. The van der Waals surface area contributed by atoms with Crippen LogP contribution in [0, 0.1) is 10.1 Å². The Morgan fingerprint density at radius 3 is 2.73 bits per heavy atom. The number of nitro groups is 1. The summed E-state index contributed by atoms with van der Waals surface area (Å²) in [6.45, 7) is 0.0457. The quantitative estimate of drug-likeness (QED) is 0.217. The van der Waals surface area contributed by atoms with E-state index in [9.17, 15) is 24.8 Å². The number of hydrogen-bond acceptors (Lipinski definition) is 7. The number of thioether (sulfide) groups is 1. The van der Waals surface area contributed by atoms with Crippen LogP contribution in [0.2, 0.25) is 5.02 Å². The van der Waals surface area contributed by atoms with Gasteiger partial charge in [-0.3, -0.25) is 24.6 Å². The van der Waals surface area contributed by atoms with Gasteiger partial charge in [0.05, 0.1) is 21.6 Å². The molecule has 0 radical (unpaired) electrons. The maximum absolute atomic E-state index is 12.6. The largest absolute Gasteiger partial charge is 0.506 e. The van der Waals surface area contributed by atoms with Crippen molar-refractivity contribution in [2.75, 3.05) is 11.9 Å². The highest BCUT2D eigenvalue weighted by atomic mass is 35.5. The molecule has 1 fully saturated rings. The van der Waals surface area contributed by atoms with E-state index in [1.807, 2.05) is 0 Å². The Bertz CT molecular complexity index is 1090. The van der Waals surface area contributed by atoms with Crippen molar-refractivity contribution >= 4 is 69.2 Å². The van der Waals surface area contributed by atoms with Crippen LogP contribution in [0.25, 0.3) is 6.08 Å². The number of nitrogens with one attached hydrogen (secondary N) is 1. The summed E-state index contributed by atoms with van der Waals surface area (Å²) in [5.74, 6) is -1.23. The predicted molar refractivity (Wildman–Crippen MR) is 119 cm³/mol. The first-order valence-corrected chi connectivity index (χ1v) is 10.1. The van der Waals surface area contributed by atoms with Crippen molar-refractivity contribution in [3.8, 4) is 5.75 Å². The smallest absolute Gasteiger partial charge is 0.273 e. The van der Waals surface area contributed by atoms with Crippen LogP contribution >= 0.6 is 35.6 Å². The fraction of sp³-hybridized carbons (Fsp3) is 0.105. The third kappa shape index (κ3) is 4.96. The Morgan fingerprint density at radius 1 is 1.33 bits per heavy atom. The van der Waals surface area contributed by atoms with Crippen molar-refractivity contribution in [1.82, 2.24) is 4.90 Å². The Morgan fingerprint density at radius 2 is 2.07 bits per heavy atom. The number of phenolic OH excluding ortho intramolecular Hbond substituents is 1. The molecule has 11 heteroatoms. The topological polar surface area (TPSA) is 113 Å². The molecule has 0 atom stereocenters. The lowest BCUT2D eigenvalue weighted by molar-refractivity contribution is -0.384. The van der Waals surface area contributed by atoms with Gasteiger partial charge in [0.2, 0.25) is 5.91 Å². The number of carbonyl (C=O) groups excluding carboxylic acids is 2. The van der Waals surface area contributed by atoms with Gasteiger partial charge in [-0.2, -0.15) is 0 Å². The monoisotopic (exact) mass is 463 g/mol. The third-order valence-corrected chi connectivity index (χ3v) is 5.82. The number of phenols is 1. The number of benzene rings is 2. The van der Waals surface area contributed by atoms with E-state index < -0.39 is 16.6 Å². The van der Waals surface area contributed by atoms with Gasteiger partial charge in [-0.1, -0.05) is 53.8 Å². The maximum Gasteiger partial charge on any atom is 0.273 e. The fourth-order valence-electron chi connectivity index (χ4n) is 2.59. The van der Waals surface area contributed by atoms with E-state index in [-0.39, 0.29) is 30.2 Å². The van der Waals surface area contributed by atoms with Crippen molar-refractivity contribution in [3.63, 3.8) is 0 Å². The van der Waals surface area contributed by atoms with Gasteiger partial charge in [-0.05, 0) is 23.8 Å². The molecule has 0 aromatic heterocycles. The second-order valence-corrected chi connectivity index (χ2v) is 8.19. The van der Waals surface area contributed by atoms with Gasteiger partial charge in [0.15, 0.2) is 0 Å². The summed E-state index contributed by atoms with van der Waals surface area (Å²) in [6.07, 6.45) is 1.57. The number of nitro benzene ring substituents is 1. The summed E-state index contributed by atoms with van der Waals surface area (Å²) in [7, 11) is 0. The van der Waals surface area contributed by atoms with E-state index in [2.05, 4.69) is 5.32 Å². The Labute approximate surface area is 185 Å². The molecule has 2 amide bonds. The molecule has 2 aromatic rings. The SMILES string of the molecule is O=C(CCN1C(=O)/C(=C/c2ccccc2Cl)SC1=S)Nc1ccc([N+](=O)[O-])cc1O. The number of rotatable bonds is 6. The lowest BCUT2D eigenvalue weighted by atomic mass is 10.2. The molecule has 1 aliphatic heterocycles. The van der Waals surface area contributed by atoms with Crippen molar-refractivity contribution in [1.29, 1.82) is 0 Å². The Balaban J connectivity index is 1.62. The summed E-state index contributed by atoms with van der Waals surface area (Å²) < 4.78 is 0.323. The molecule has 0 aliphatic carbocycles. The number of amides is 2. The number of nitrogens with zero attached hydrogens (tertiary/aromatic N) is 2. The van der Waals surface area contributed by atoms with Gasteiger partial charge in [0.1, 0.15) is 10.1 Å². The first-order valence-electron chi connectivity index (χ1n) is 8.53. The van der Waals surface area contributed by atoms with Gasteiger partial charge in [-0.25, -0.2) is 0 Å². The lowest BCUT2D eigenvalue weighted by Crippen LogP contribution is -2.31. The Kier molecular flexibility index (Phi) is 6.70. The number of thiocarbonyl (C=S) groups is 1. The number of hydrogen-bond donors (Lipinski definition) is 2. The summed E-state index contributed by atoms with van der Waals surface area (Å²) in [5, 5.41) is 23.5. The summed E-state index contributed by atoms with van der Waals surface area (Å²) in [5.41, 5.74) is 0.425. The molecule has 0 spiro atoms. The molecule has 2 N–H and O–H groups in total. The van der Waals surface area contributed by atoms with Crippen LogP contribution in [0.3, 0.4) is 0 Å². The predicted octanol–water partition coefficient (Wildman–Crippen LogP) is 4.18. The van der Waals surface area contributed by atoms with Crippen LogP contribution in [-0.4, -0.2) is 37.6 Å². The average Bonchev–Trinajstić information content (AvgIpc) is 2.96. The number of aromatic hydroxyl groups is 1. The normalized spacial score (nSPS) is 15.0.